The van der Waals surface area contributed by atoms with Crippen LogP contribution in [0.2, 0.25) is 0 Å². The SMILES string of the molecule is Nc1nc2c(c(=O)n1C(c1ccccc1)c1ccccc1)CCN(C(=O)O[C@@H]1CCC[C@H](C(F)(F)F)C1)C2. The molecule has 0 spiro atoms. The number of hydrogen-bond donors (Lipinski definition) is 1. The molecule has 2 aromatic carbocycles. The smallest absolute Gasteiger partial charge is 0.410 e. The first kappa shape index (κ1) is 25.8. The van der Waals surface area contributed by atoms with Gasteiger partial charge in [0.15, 0.2) is 0 Å². The molecule has 200 valence electrons. The number of ether oxygens (including phenoxy) is 1. The molecule has 1 fully saturated rings. The Hall–Kier alpha value is -3.82. The number of nitrogen functional groups attached to an aromatic ring is 1. The number of nitrogens with two attached hydrogens (primary N) is 1. The van der Waals surface area contributed by atoms with Gasteiger partial charge in [0.1, 0.15) is 6.10 Å². The van der Waals surface area contributed by atoms with Gasteiger partial charge in [0.2, 0.25) is 5.95 Å². The van der Waals surface area contributed by atoms with Crippen molar-refractivity contribution in [2.75, 3.05) is 12.3 Å². The second-order valence-corrected chi connectivity index (χ2v) is 9.88. The summed E-state index contributed by atoms with van der Waals surface area (Å²) >= 11 is 0. The number of nitrogens with zero attached hydrogens (tertiary/aromatic N) is 3. The van der Waals surface area contributed by atoms with E-state index in [1.165, 1.54) is 9.47 Å². The van der Waals surface area contributed by atoms with Crippen molar-refractivity contribution >= 4 is 12.0 Å². The summed E-state index contributed by atoms with van der Waals surface area (Å²) in [6.07, 6.45) is -4.96. The lowest BCUT2D eigenvalue weighted by molar-refractivity contribution is -0.189. The number of carbonyl (C=O) groups excluding carboxylic acids is 1. The molecule has 1 aliphatic heterocycles. The zero-order valence-electron chi connectivity index (χ0n) is 20.7. The van der Waals surface area contributed by atoms with E-state index in [4.69, 9.17) is 10.5 Å². The summed E-state index contributed by atoms with van der Waals surface area (Å²) in [7, 11) is 0. The van der Waals surface area contributed by atoms with Gasteiger partial charge in [-0.3, -0.25) is 9.36 Å². The molecule has 0 radical (unpaired) electrons. The molecular formula is C28H29F3N4O3. The largest absolute Gasteiger partial charge is 0.446 e. The molecule has 38 heavy (non-hydrogen) atoms. The van der Waals surface area contributed by atoms with Crippen molar-refractivity contribution in [2.45, 2.75) is 57.0 Å². The van der Waals surface area contributed by atoms with Crippen LogP contribution in [0.5, 0.6) is 0 Å². The minimum absolute atomic E-state index is 0.00517. The summed E-state index contributed by atoms with van der Waals surface area (Å²) in [5.41, 5.74) is 8.68. The number of benzene rings is 2. The monoisotopic (exact) mass is 526 g/mol. The lowest BCUT2D eigenvalue weighted by Gasteiger charge is -2.33. The Morgan fingerprint density at radius 3 is 2.26 bits per heavy atom. The fourth-order valence-corrected chi connectivity index (χ4v) is 5.45. The highest BCUT2D eigenvalue weighted by Crippen LogP contribution is 2.38. The standard InChI is InChI=1S/C28H29F3N4O3/c29-28(30,31)20-12-7-13-21(16-20)38-27(37)34-15-14-22-23(17-34)33-26(32)35(25(22)36)24(18-8-3-1-4-9-18)19-10-5-2-6-11-19/h1-6,8-11,20-21,24H,7,12-17H2,(H2,32,33)/t20-,21+/m0/s1. The Morgan fingerprint density at radius 2 is 1.66 bits per heavy atom. The quantitative estimate of drug-likeness (QED) is 0.512. The van der Waals surface area contributed by atoms with Gasteiger partial charge in [0.05, 0.1) is 24.2 Å². The normalized spacial score (nSPS) is 19.7. The number of hydrogen-bond acceptors (Lipinski definition) is 5. The van der Waals surface area contributed by atoms with Crippen molar-refractivity contribution in [1.29, 1.82) is 0 Å². The highest BCUT2D eigenvalue weighted by atomic mass is 19.4. The Kier molecular flexibility index (Phi) is 7.14. The minimum atomic E-state index is -4.30. The highest BCUT2D eigenvalue weighted by molar-refractivity contribution is 5.68. The van der Waals surface area contributed by atoms with Crippen LogP contribution >= 0.6 is 0 Å². The number of alkyl halides is 3. The first-order valence-electron chi connectivity index (χ1n) is 12.7. The van der Waals surface area contributed by atoms with Crippen molar-refractivity contribution in [2.24, 2.45) is 5.92 Å². The lowest BCUT2D eigenvalue weighted by Crippen LogP contribution is -2.43. The summed E-state index contributed by atoms with van der Waals surface area (Å²) < 4.78 is 46.4. The number of amides is 1. The maximum atomic E-state index is 13.7. The van der Waals surface area contributed by atoms with E-state index in [9.17, 15) is 22.8 Å². The van der Waals surface area contributed by atoms with Gasteiger partial charge in [-0.1, -0.05) is 60.7 Å². The molecule has 0 unspecified atom stereocenters. The van der Waals surface area contributed by atoms with Crippen LogP contribution in [0, 0.1) is 5.92 Å². The molecule has 7 nitrogen and oxygen atoms in total. The number of carbonyl (C=O) groups is 1. The first-order valence-corrected chi connectivity index (χ1v) is 12.7. The van der Waals surface area contributed by atoms with Crippen LogP contribution in [0.25, 0.3) is 0 Å². The van der Waals surface area contributed by atoms with E-state index >= 15 is 0 Å². The Balaban J connectivity index is 1.39. The van der Waals surface area contributed by atoms with Crippen LogP contribution in [0.1, 0.15) is 54.1 Å². The van der Waals surface area contributed by atoms with Crippen molar-refractivity contribution in [3.63, 3.8) is 0 Å². The van der Waals surface area contributed by atoms with Crippen LogP contribution < -0.4 is 11.3 Å². The van der Waals surface area contributed by atoms with Crippen molar-refractivity contribution in [3.05, 3.63) is 93.4 Å². The van der Waals surface area contributed by atoms with Crippen molar-refractivity contribution in [1.82, 2.24) is 14.5 Å². The molecular weight excluding hydrogens is 497 g/mol. The van der Waals surface area contributed by atoms with Gasteiger partial charge in [-0.2, -0.15) is 13.2 Å². The van der Waals surface area contributed by atoms with Gasteiger partial charge >= 0.3 is 12.3 Å². The average Bonchev–Trinajstić information content (AvgIpc) is 2.91. The minimum Gasteiger partial charge on any atom is -0.446 e. The molecule has 0 saturated heterocycles. The summed E-state index contributed by atoms with van der Waals surface area (Å²) in [6, 6.07) is 18.6. The molecule has 1 aliphatic carbocycles. The van der Waals surface area contributed by atoms with Gasteiger partial charge in [0.25, 0.3) is 5.56 Å². The summed E-state index contributed by atoms with van der Waals surface area (Å²) in [5, 5.41) is 0. The van der Waals surface area contributed by atoms with E-state index in [0.29, 0.717) is 24.1 Å². The Labute approximate surface area is 218 Å². The lowest BCUT2D eigenvalue weighted by atomic mass is 9.87. The molecule has 5 rings (SSSR count). The summed E-state index contributed by atoms with van der Waals surface area (Å²) in [5.74, 6) is -1.44. The van der Waals surface area contributed by atoms with Gasteiger partial charge in [-0.05, 0) is 43.2 Å². The second kappa shape index (κ2) is 10.5. The van der Waals surface area contributed by atoms with E-state index < -0.39 is 30.3 Å². The van der Waals surface area contributed by atoms with Crippen molar-refractivity contribution in [3.8, 4) is 0 Å². The van der Waals surface area contributed by atoms with Crippen LogP contribution in [0.4, 0.5) is 23.9 Å². The van der Waals surface area contributed by atoms with E-state index in [1.807, 2.05) is 60.7 Å². The zero-order valence-corrected chi connectivity index (χ0v) is 20.7. The zero-order chi connectivity index (χ0) is 26.9. The van der Waals surface area contributed by atoms with Gasteiger partial charge < -0.3 is 15.4 Å². The van der Waals surface area contributed by atoms with E-state index in [-0.39, 0.29) is 43.9 Å². The Bertz CT molecular complexity index is 1310. The number of aromatic nitrogens is 2. The van der Waals surface area contributed by atoms with Gasteiger partial charge in [0, 0.05) is 12.1 Å². The molecule has 3 aromatic rings. The second-order valence-electron chi connectivity index (χ2n) is 9.88. The predicted molar refractivity (Wildman–Crippen MR) is 135 cm³/mol. The summed E-state index contributed by atoms with van der Waals surface area (Å²) in [4.78, 5) is 32.5. The third-order valence-electron chi connectivity index (χ3n) is 7.40. The topological polar surface area (TPSA) is 90.5 Å². The maximum absolute atomic E-state index is 13.7. The number of halogens is 3. The first-order chi connectivity index (χ1) is 18.2. The molecule has 2 aliphatic rings. The third kappa shape index (κ3) is 5.25. The molecule has 2 N–H and O–H groups in total. The molecule has 1 amide bonds. The number of fused-ring (bicyclic) bond motifs is 1. The van der Waals surface area contributed by atoms with Crippen molar-refractivity contribution < 1.29 is 22.7 Å². The average molecular weight is 527 g/mol. The predicted octanol–water partition coefficient (Wildman–Crippen LogP) is 5.08. The van der Waals surface area contributed by atoms with Crippen LogP contribution in [-0.4, -0.2) is 39.4 Å². The van der Waals surface area contributed by atoms with E-state index in [1.54, 1.807) is 0 Å². The molecule has 0 bridgehead atoms. The molecule has 10 heteroatoms. The maximum Gasteiger partial charge on any atom is 0.410 e. The van der Waals surface area contributed by atoms with Crippen LogP contribution in [0.15, 0.2) is 65.5 Å². The molecule has 2 atom stereocenters. The highest BCUT2D eigenvalue weighted by Gasteiger charge is 2.43. The Morgan fingerprint density at radius 1 is 1.03 bits per heavy atom. The number of rotatable bonds is 4. The molecule has 1 aromatic heterocycles. The molecule has 2 heterocycles. The third-order valence-corrected chi connectivity index (χ3v) is 7.40. The van der Waals surface area contributed by atoms with Crippen LogP contribution in [-0.2, 0) is 17.7 Å². The number of anilines is 1. The van der Waals surface area contributed by atoms with Gasteiger partial charge in [-0.25, -0.2) is 9.78 Å². The van der Waals surface area contributed by atoms with E-state index in [0.717, 1.165) is 11.1 Å². The van der Waals surface area contributed by atoms with Crippen LogP contribution in [0.3, 0.4) is 0 Å². The molecule has 1 saturated carbocycles. The fraction of sp³-hybridized carbons (Fsp3) is 0.393. The fourth-order valence-electron chi connectivity index (χ4n) is 5.45. The van der Waals surface area contributed by atoms with Gasteiger partial charge in [-0.15, -0.1) is 0 Å². The van der Waals surface area contributed by atoms with E-state index in [2.05, 4.69) is 4.98 Å². The summed E-state index contributed by atoms with van der Waals surface area (Å²) in [6.45, 7) is 0.203.